The van der Waals surface area contributed by atoms with Crippen LogP contribution in [0.2, 0.25) is 0 Å². The Morgan fingerprint density at radius 2 is 2.14 bits per heavy atom. The van der Waals surface area contributed by atoms with Gasteiger partial charge in [-0.15, -0.1) is 0 Å². The third-order valence-electron chi connectivity index (χ3n) is 3.75. The van der Waals surface area contributed by atoms with Crippen molar-refractivity contribution in [3.63, 3.8) is 0 Å². The molecule has 1 fully saturated rings. The molecule has 1 aromatic heterocycles. The monoisotopic (exact) mass is 303 g/mol. The predicted octanol–water partition coefficient (Wildman–Crippen LogP) is 1.43. The van der Waals surface area contributed by atoms with Gasteiger partial charge in [-0.3, -0.25) is 9.59 Å². The first kappa shape index (κ1) is 14.2. The molecule has 2 amide bonds. The second-order valence-electron chi connectivity index (χ2n) is 5.20. The van der Waals surface area contributed by atoms with Gasteiger partial charge in [0.05, 0.1) is 11.5 Å². The van der Waals surface area contributed by atoms with Crippen molar-refractivity contribution in [3.8, 4) is 11.3 Å². The van der Waals surface area contributed by atoms with Gasteiger partial charge < -0.3 is 15.2 Å². The summed E-state index contributed by atoms with van der Waals surface area (Å²) < 4.78 is 18.7. The highest BCUT2D eigenvalue weighted by Gasteiger charge is 2.31. The number of amides is 2. The van der Waals surface area contributed by atoms with Crippen LogP contribution in [-0.4, -0.2) is 35.0 Å². The largest absolute Gasteiger partial charge is 0.369 e. The molecule has 0 saturated carbocycles. The van der Waals surface area contributed by atoms with Crippen LogP contribution in [0.4, 0.5) is 4.39 Å². The molecule has 114 valence electrons. The highest BCUT2D eigenvalue weighted by atomic mass is 19.1. The smallest absolute Gasteiger partial charge is 0.276 e. The summed E-state index contributed by atoms with van der Waals surface area (Å²) in [5, 5.41) is 3.70. The molecule has 1 aliphatic rings. The predicted molar refractivity (Wildman–Crippen MR) is 75.1 cm³/mol. The molecule has 0 radical (unpaired) electrons. The number of rotatable bonds is 3. The number of nitrogens with zero attached hydrogens (tertiary/aromatic N) is 2. The van der Waals surface area contributed by atoms with Crippen LogP contribution >= 0.6 is 0 Å². The van der Waals surface area contributed by atoms with Gasteiger partial charge in [-0.25, -0.2) is 4.39 Å². The van der Waals surface area contributed by atoms with E-state index >= 15 is 0 Å². The highest BCUT2D eigenvalue weighted by Crippen LogP contribution is 2.25. The number of nitrogens with two attached hydrogens (primary N) is 1. The molecule has 22 heavy (non-hydrogen) atoms. The molecule has 1 unspecified atom stereocenters. The fraction of sp³-hybridized carbons (Fsp3) is 0.267. The second kappa shape index (κ2) is 5.59. The van der Waals surface area contributed by atoms with Crippen LogP contribution in [0.5, 0.6) is 0 Å². The van der Waals surface area contributed by atoms with E-state index in [1.54, 1.807) is 18.2 Å². The fourth-order valence-corrected chi connectivity index (χ4v) is 2.50. The molecule has 0 aliphatic carbocycles. The van der Waals surface area contributed by atoms with Gasteiger partial charge in [-0.2, -0.15) is 0 Å². The Kier molecular flexibility index (Phi) is 3.62. The summed E-state index contributed by atoms with van der Waals surface area (Å²) in [6.45, 7) is 0.713. The molecule has 0 bridgehead atoms. The Morgan fingerprint density at radius 3 is 2.82 bits per heavy atom. The van der Waals surface area contributed by atoms with Crippen LogP contribution in [0.3, 0.4) is 0 Å². The van der Waals surface area contributed by atoms with E-state index in [0.717, 1.165) is 0 Å². The number of hydrogen-bond acceptors (Lipinski definition) is 4. The van der Waals surface area contributed by atoms with E-state index in [-0.39, 0.29) is 35.4 Å². The zero-order valence-electron chi connectivity index (χ0n) is 11.7. The molecular weight excluding hydrogens is 289 g/mol. The first-order chi connectivity index (χ1) is 10.6. The molecule has 2 aromatic rings. The first-order valence-electron chi connectivity index (χ1n) is 6.86. The molecule has 1 saturated heterocycles. The van der Waals surface area contributed by atoms with Crippen molar-refractivity contribution in [1.29, 1.82) is 0 Å². The SMILES string of the molecule is NC(=O)C1CCN(C(=O)c2cc(-c3ccccc3F)on2)C1. The van der Waals surface area contributed by atoms with Crippen molar-refractivity contribution in [2.45, 2.75) is 6.42 Å². The van der Waals surface area contributed by atoms with Gasteiger partial charge >= 0.3 is 0 Å². The molecule has 6 nitrogen and oxygen atoms in total. The maximum absolute atomic E-state index is 13.7. The molecule has 1 aromatic carbocycles. The van der Waals surface area contributed by atoms with Gasteiger partial charge in [-0.1, -0.05) is 17.3 Å². The molecule has 1 aliphatic heterocycles. The van der Waals surface area contributed by atoms with Crippen molar-refractivity contribution in [2.24, 2.45) is 11.7 Å². The van der Waals surface area contributed by atoms with Crippen LogP contribution in [0, 0.1) is 11.7 Å². The third kappa shape index (κ3) is 2.57. The molecule has 2 heterocycles. The maximum atomic E-state index is 13.7. The van der Waals surface area contributed by atoms with E-state index in [4.69, 9.17) is 10.3 Å². The van der Waals surface area contributed by atoms with E-state index in [9.17, 15) is 14.0 Å². The average Bonchev–Trinajstić information content (AvgIpc) is 3.17. The van der Waals surface area contributed by atoms with Crippen molar-refractivity contribution in [1.82, 2.24) is 10.1 Å². The Bertz CT molecular complexity index is 728. The maximum Gasteiger partial charge on any atom is 0.276 e. The van der Waals surface area contributed by atoms with E-state index in [2.05, 4.69) is 5.16 Å². The Hall–Kier alpha value is -2.70. The molecule has 3 rings (SSSR count). The summed E-state index contributed by atoms with van der Waals surface area (Å²) in [5.74, 6) is -1.36. The van der Waals surface area contributed by atoms with Crippen molar-refractivity contribution in [3.05, 3.63) is 41.8 Å². The number of carbonyl (C=O) groups is 2. The lowest BCUT2D eigenvalue weighted by Gasteiger charge is -2.13. The zero-order valence-corrected chi connectivity index (χ0v) is 11.7. The van der Waals surface area contributed by atoms with E-state index in [1.807, 2.05) is 0 Å². The summed E-state index contributed by atoms with van der Waals surface area (Å²) in [7, 11) is 0. The van der Waals surface area contributed by atoms with E-state index < -0.39 is 11.7 Å². The first-order valence-corrected chi connectivity index (χ1v) is 6.86. The topological polar surface area (TPSA) is 89.4 Å². The number of benzene rings is 1. The van der Waals surface area contributed by atoms with Crippen LogP contribution in [-0.2, 0) is 4.79 Å². The molecule has 2 N–H and O–H groups in total. The Labute approximate surface area is 125 Å². The number of halogens is 1. The van der Waals surface area contributed by atoms with Gasteiger partial charge in [0.1, 0.15) is 5.82 Å². The number of aromatic nitrogens is 1. The lowest BCUT2D eigenvalue weighted by atomic mass is 10.1. The van der Waals surface area contributed by atoms with Crippen LogP contribution in [0.1, 0.15) is 16.9 Å². The summed E-state index contributed by atoms with van der Waals surface area (Å²) in [6, 6.07) is 7.48. The van der Waals surface area contributed by atoms with Crippen molar-refractivity contribution in [2.75, 3.05) is 13.1 Å². The third-order valence-corrected chi connectivity index (χ3v) is 3.75. The summed E-state index contributed by atoms with van der Waals surface area (Å²) in [5.41, 5.74) is 5.57. The van der Waals surface area contributed by atoms with E-state index in [0.29, 0.717) is 13.0 Å². The number of carbonyl (C=O) groups excluding carboxylic acids is 2. The van der Waals surface area contributed by atoms with Crippen LogP contribution in [0.15, 0.2) is 34.9 Å². The van der Waals surface area contributed by atoms with Crippen LogP contribution in [0.25, 0.3) is 11.3 Å². The highest BCUT2D eigenvalue weighted by molar-refractivity contribution is 5.94. The standard InChI is InChI=1S/C15H14FN3O3/c16-11-4-2-1-3-10(11)13-7-12(18-22-13)15(21)19-6-5-9(8-19)14(17)20/h1-4,7,9H,5-6,8H2,(H2,17,20). The van der Waals surface area contributed by atoms with E-state index in [1.165, 1.54) is 17.0 Å². The molecule has 7 heteroatoms. The number of primary amides is 1. The Balaban J connectivity index is 1.78. The zero-order chi connectivity index (χ0) is 15.7. The molecular formula is C15H14FN3O3. The van der Waals surface area contributed by atoms with Crippen molar-refractivity contribution < 1.29 is 18.5 Å². The molecule has 1 atom stereocenters. The lowest BCUT2D eigenvalue weighted by molar-refractivity contribution is -0.121. The summed E-state index contributed by atoms with van der Waals surface area (Å²) in [4.78, 5) is 24.9. The van der Waals surface area contributed by atoms with Gasteiger partial charge in [0.25, 0.3) is 5.91 Å². The summed E-state index contributed by atoms with van der Waals surface area (Å²) >= 11 is 0. The quantitative estimate of drug-likeness (QED) is 0.928. The summed E-state index contributed by atoms with van der Waals surface area (Å²) in [6.07, 6.45) is 0.541. The lowest BCUT2D eigenvalue weighted by Crippen LogP contribution is -2.31. The minimum absolute atomic E-state index is 0.0865. The fourth-order valence-electron chi connectivity index (χ4n) is 2.50. The second-order valence-corrected chi connectivity index (χ2v) is 5.20. The average molecular weight is 303 g/mol. The normalized spacial score (nSPS) is 17.7. The number of likely N-dealkylation sites (tertiary alicyclic amines) is 1. The van der Waals surface area contributed by atoms with Gasteiger partial charge in [0, 0.05) is 19.2 Å². The van der Waals surface area contributed by atoms with Crippen LogP contribution < -0.4 is 5.73 Å². The minimum Gasteiger partial charge on any atom is -0.369 e. The molecule has 0 spiro atoms. The Morgan fingerprint density at radius 1 is 1.36 bits per heavy atom. The minimum atomic E-state index is -0.451. The van der Waals surface area contributed by atoms with Gasteiger partial charge in [0.15, 0.2) is 11.5 Å². The van der Waals surface area contributed by atoms with Crippen molar-refractivity contribution >= 4 is 11.8 Å². The number of hydrogen-bond donors (Lipinski definition) is 1. The van der Waals surface area contributed by atoms with Gasteiger partial charge in [0.2, 0.25) is 5.91 Å². The van der Waals surface area contributed by atoms with Gasteiger partial charge in [-0.05, 0) is 18.6 Å².